The van der Waals surface area contributed by atoms with Gasteiger partial charge in [0.1, 0.15) is 5.58 Å². The van der Waals surface area contributed by atoms with E-state index in [0.29, 0.717) is 5.92 Å². The van der Waals surface area contributed by atoms with Crippen molar-refractivity contribution in [2.24, 2.45) is 5.92 Å². The van der Waals surface area contributed by atoms with Crippen LogP contribution >= 0.6 is 0 Å². The predicted octanol–water partition coefficient (Wildman–Crippen LogP) is 15.7. The molecule has 0 atom stereocenters. The minimum atomic E-state index is -1.86. The van der Waals surface area contributed by atoms with Crippen molar-refractivity contribution in [2.75, 3.05) is 0 Å². The number of aromatic nitrogens is 3. The van der Waals surface area contributed by atoms with Crippen LogP contribution in [0.3, 0.4) is 0 Å². The maximum absolute atomic E-state index is 6.56. The first kappa shape index (κ1) is 46.0. The van der Waals surface area contributed by atoms with Crippen molar-refractivity contribution in [3.8, 4) is 39.5 Å². The van der Waals surface area contributed by atoms with Crippen LogP contribution in [0.25, 0.3) is 83.2 Å². The topological polar surface area (TPSA) is 43.9 Å². The second-order valence-corrected chi connectivity index (χ2v) is 29.7. The molecule has 10 aromatic rings. The number of rotatable bonds is 9. The predicted molar refractivity (Wildman–Crippen MR) is 274 cm³/mol. The van der Waals surface area contributed by atoms with Crippen molar-refractivity contribution in [1.29, 1.82) is 0 Å². The van der Waals surface area contributed by atoms with E-state index < -0.39 is 13.3 Å². The Balaban J connectivity index is 0.000000232. The molecule has 0 aliphatic rings. The monoisotopic (exact) mass is 1090 g/mol. The Morgan fingerprint density at radius 1 is 0.646 bits per heavy atom. The standard InChI is InChI=1S/C41H33N2O.C18H24GeN.Ir/c1-25(2)34-23-29(27-13-6-5-7-14-27)24-35(26(3)4)38(34)43-39-30-16-9-8-15-28(30)21-22-36(39)42-41(43)33-19-12-18-32-31-17-10-11-20-37(31)44-40(32)33;1-14(2)11-16-12-18(15-9-7-6-8-10-15)20-13-17(16)19(3,4)5;/h5-18,20-26H,1-4H3;6-9,12-14H,11H2,1-5H3;/q2*-1;. The molecule has 0 fully saturated rings. The number of benzene rings is 7. The van der Waals surface area contributed by atoms with Crippen LogP contribution in [0.1, 0.15) is 70.1 Å². The van der Waals surface area contributed by atoms with Crippen molar-refractivity contribution < 1.29 is 24.5 Å². The number of fused-ring (bicyclic) bond motifs is 6. The van der Waals surface area contributed by atoms with Crippen LogP contribution < -0.4 is 4.40 Å². The summed E-state index contributed by atoms with van der Waals surface area (Å²) in [5.74, 6) is 9.39. The van der Waals surface area contributed by atoms with E-state index in [4.69, 9.17) is 14.4 Å². The second kappa shape index (κ2) is 19.1. The van der Waals surface area contributed by atoms with Gasteiger partial charge in [-0.15, -0.1) is 18.2 Å². The largest absolute Gasteiger partial charge is 0.501 e. The van der Waals surface area contributed by atoms with Gasteiger partial charge in [0.15, 0.2) is 0 Å². The summed E-state index contributed by atoms with van der Waals surface area (Å²) >= 11 is -1.86. The molecule has 4 nitrogen and oxygen atoms in total. The third-order valence-corrected chi connectivity index (χ3v) is 16.6. The van der Waals surface area contributed by atoms with Crippen LogP contribution in [0.4, 0.5) is 0 Å². The Kier molecular flexibility index (Phi) is 13.5. The van der Waals surface area contributed by atoms with Gasteiger partial charge in [0.2, 0.25) is 0 Å². The van der Waals surface area contributed by atoms with E-state index >= 15 is 0 Å². The molecule has 0 spiro atoms. The summed E-state index contributed by atoms with van der Waals surface area (Å²) in [5, 5.41) is 4.54. The maximum Gasteiger partial charge on any atom is 0.120 e. The molecule has 0 aliphatic heterocycles. The Bertz CT molecular complexity index is 3240. The van der Waals surface area contributed by atoms with Gasteiger partial charge in [-0.3, -0.25) is 4.98 Å². The van der Waals surface area contributed by atoms with Crippen LogP contribution in [0, 0.1) is 18.1 Å². The summed E-state index contributed by atoms with van der Waals surface area (Å²) in [6.07, 6.45) is 3.27. The molecule has 65 heavy (non-hydrogen) atoms. The van der Waals surface area contributed by atoms with Crippen LogP contribution in [0.2, 0.25) is 17.3 Å². The van der Waals surface area contributed by atoms with Crippen LogP contribution in [0.5, 0.6) is 0 Å². The minimum Gasteiger partial charge on any atom is -0.501 e. The summed E-state index contributed by atoms with van der Waals surface area (Å²) in [5.41, 5.74) is 14.5. The SMILES string of the molecule is CC(C)Cc1cc(-c2[c-]cccc2)nc[c]1[Ge]([CH3])([CH3])[CH3].CC(C)c1cc(-c2ccccc2)cc(C(C)C)c1-n1c(-c2[c-]ccc3c2oc2ccccc23)nc2ccc3ccccc3c21.[Ir]. The average Bonchev–Trinajstić information content (AvgIpc) is 3.88. The fraction of sp³-hybridized carbons (Fsp3) is 0.220. The molecular weight excluding hydrogens is 1030 g/mol. The zero-order valence-corrected chi connectivity index (χ0v) is 43.4. The van der Waals surface area contributed by atoms with Gasteiger partial charge in [-0.2, -0.15) is 0 Å². The number of hydrogen-bond donors (Lipinski definition) is 0. The molecule has 0 saturated heterocycles. The molecule has 3 aromatic heterocycles. The zero-order chi connectivity index (χ0) is 44.7. The molecule has 0 amide bonds. The summed E-state index contributed by atoms with van der Waals surface area (Å²) in [4.78, 5) is 10.1. The molecule has 329 valence electrons. The normalized spacial score (nSPS) is 11.8. The van der Waals surface area contributed by atoms with Crippen LogP contribution in [-0.2, 0) is 26.5 Å². The molecular formula is C59H57GeIrN3O-2. The Morgan fingerprint density at radius 3 is 2.00 bits per heavy atom. The van der Waals surface area contributed by atoms with E-state index in [1.165, 1.54) is 44.3 Å². The van der Waals surface area contributed by atoms with E-state index in [-0.39, 0.29) is 31.9 Å². The van der Waals surface area contributed by atoms with E-state index in [1.807, 2.05) is 36.4 Å². The molecule has 3 heterocycles. The van der Waals surface area contributed by atoms with Crippen molar-refractivity contribution in [3.63, 3.8) is 0 Å². The Hall–Kier alpha value is -5.59. The molecule has 0 bridgehead atoms. The van der Waals surface area contributed by atoms with Crippen molar-refractivity contribution in [2.45, 2.75) is 77.1 Å². The number of para-hydroxylation sites is 1. The van der Waals surface area contributed by atoms with E-state index in [0.717, 1.165) is 62.0 Å². The van der Waals surface area contributed by atoms with Crippen LogP contribution in [0.15, 0.2) is 156 Å². The van der Waals surface area contributed by atoms with Gasteiger partial charge >= 0.3 is 126 Å². The molecule has 7 aromatic carbocycles. The van der Waals surface area contributed by atoms with Crippen molar-refractivity contribution >= 4 is 61.4 Å². The molecule has 0 saturated carbocycles. The summed E-state index contributed by atoms with van der Waals surface area (Å²) in [6, 6.07) is 58.0. The minimum absolute atomic E-state index is 0. The molecule has 0 aliphatic carbocycles. The smallest absolute Gasteiger partial charge is 0.120 e. The number of nitrogens with zero attached hydrogens (tertiary/aromatic N) is 3. The van der Waals surface area contributed by atoms with Gasteiger partial charge in [-0.1, -0.05) is 118 Å². The number of imidazole rings is 1. The number of hydrogen-bond acceptors (Lipinski definition) is 3. The summed E-state index contributed by atoms with van der Waals surface area (Å²) < 4.78 is 10.5. The third-order valence-electron chi connectivity index (χ3n) is 12.3. The Labute approximate surface area is 400 Å². The van der Waals surface area contributed by atoms with Gasteiger partial charge in [0, 0.05) is 36.6 Å². The van der Waals surface area contributed by atoms with Gasteiger partial charge in [0.05, 0.1) is 22.4 Å². The first-order valence-electron chi connectivity index (χ1n) is 22.8. The first-order chi connectivity index (χ1) is 30.9. The zero-order valence-electron chi connectivity index (χ0n) is 39.0. The number of furan rings is 1. The van der Waals surface area contributed by atoms with Gasteiger partial charge < -0.3 is 8.98 Å². The fourth-order valence-corrected chi connectivity index (χ4v) is 12.5. The maximum atomic E-state index is 6.56. The molecule has 0 N–H and O–H groups in total. The number of pyridine rings is 1. The van der Waals surface area contributed by atoms with Crippen molar-refractivity contribution in [1.82, 2.24) is 14.5 Å². The van der Waals surface area contributed by atoms with Gasteiger partial charge in [-0.25, -0.2) is 0 Å². The summed E-state index contributed by atoms with van der Waals surface area (Å²) in [7, 11) is 0. The van der Waals surface area contributed by atoms with E-state index in [1.54, 1.807) is 4.40 Å². The Morgan fingerprint density at radius 2 is 1.32 bits per heavy atom. The first-order valence-corrected chi connectivity index (χ1v) is 30.1. The van der Waals surface area contributed by atoms with E-state index in [9.17, 15) is 0 Å². The van der Waals surface area contributed by atoms with Crippen LogP contribution in [-0.4, -0.2) is 27.8 Å². The van der Waals surface area contributed by atoms with Crippen molar-refractivity contribution in [3.05, 3.63) is 181 Å². The second-order valence-electron chi connectivity index (χ2n) is 19.1. The molecule has 6 heteroatoms. The van der Waals surface area contributed by atoms with E-state index in [2.05, 4.69) is 191 Å². The molecule has 10 rings (SSSR count). The fourth-order valence-electron chi connectivity index (χ4n) is 9.18. The van der Waals surface area contributed by atoms with Gasteiger partial charge in [0.25, 0.3) is 0 Å². The quantitative estimate of drug-likeness (QED) is 0.107. The molecule has 0 unspecified atom stereocenters. The van der Waals surface area contributed by atoms with Gasteiger partial charge in [-0.05, 0) is 63.7 Å². The third kappa shape index (κ3) is 9.17. The average molecular weight is 1090 g/mol. The molecule has 1 radical (unpaired) electrons. The summed E-state index contributed by atoms with van der Waals surface area (Å²) in [6.45, 7) is 13.7.